The van der Waals surface area contributed by atoms with E-state index in [4.69, 9.17) is 4.74 Å². The van der Waals surface area contributed by atoms with E-state index in [1.54, 1.807) is 14.0 Å². The number of amides is 1. The van der Waals surface area contributed by atoms with Crippen LogP contribution in [0.2, 0.25) is 0 Å². The Morgan fingerprint density at radius 1 is 1.50 bits per heavy atom. The second-order valence-corrected chi connectivity index (χ2v) is 6.84. The summed E-state index contributed by atoms with van der Waals surface area (Å²) in [6.07, 6.45) is 2.73. The largest absolute Gasteiger partial charge is 0.477 e. The van der Waals surface area contributed by atoms with Gasteiger partial charge in [-0.3, -0.25) is 4.79 Å². The van der Waals surface area contributed by atoms with Gasteiger partial charge < -0.3 is 25.2 Å². The Hall–Kier alpha value is -1.70. The number of carbonyl (C=O) groups is 2. The molecule has 1 amide bonds. The van der Waals surface area contributed by atoms with Crippen molar-refractivity contribution < 1.29 is 24.5 Å². The second kappa shape index (κ2) is 6.31. The van der Waals surface area contributed by atoms with E-state index >= 15 is 0 Å². The highest BCUT2D eigenvalue weighted by Gasteiger charge is 2.56. The Kier molecular flexibility index (Phi) is 4.50. The van der Waals surface area contributed by atoms with Crippen molar-refractivity contribution in [2.75, 3.05) is 13.7 Å². The molecular formula is C17H24N2O5. The molecule has 0 radical (unpaired) electrons. The van der Waals surface area contributed by atoms with Crippen LogP contribution in [0, 0.1) is 5.92 Å². The number of methoxy groups -OCH3 is 1. The minimum absolute atomic E-state index is 0.0666. The van der Waals surface area contributed by atoms with Crippen LogP contribution < -0.4 is 5.32 Å². The third kappa shape index (κ3) is 2.66. The summed E-state index contributed by atoms with van der Waals surface area (Å²) in [7, 11) is 1.68. The van der Waals surface area contributed by atoms with Gasteiger partial charge in [0.25, 0.3) is 0 Å². The Bertz CT molecular complexity index is 624. The summed E-state index contributed by atoms with van der Waals surface area (Å²) >= 11 is 0. The molecule has 7 heteroatoms. The van der Waals surface area contributed by atoms with E-state index in [0.717, 1.165) is 18.5 Å². The first kappa shape index (κ1) is 17.1. The molecule has 2 saturated heterocycles. The first-order valence-corrected chi connectivity index (χ1v) is 8.27. The molecule has 0 unspecified atom stereocenters. The molecule has 0 aromatic heterocycles. The lowest BCUT2D eigenvalue weighted by atomic mass is 9.82. The Morgan fingerprint density at radius 3 is 2.75 bits per heavy atom. The van der Waals surface area contributed by atoms with Crippen molar-refractivity contribution in [3.63, 3.8) is 0 Å². The smallest absolute Gasteiger partial charge is 0.352 e. The average Bonchev–Trinajstić information content (AvgIpc) is 3.08. The number of carbonyl (C=O) groups excluding carboxylic acids is 1. The molecule has 24 heavy (non-hydrogen) atoms. The number of carboxylic acids is 1. The minimum Gasteiger partial charge on any atom is -0.477 e. The van der Waals surface area contributed by atoms with Gasteiger partial charge in [0, 0.05) is 19.7 Å². The summed E-state index contributed by atoms with van der Waals surface area (Å²) in [5, 5.41) is 22.7. The molecule has 3 rings (SSSR count). The molecule has 132 valence electrons. The van der Waals surface area contributed by atoms with Crippen molar-refractivity contribution in [1.29, 1.82) is 0 Å². The zero-order valence-electron chi connectivity index (χ0n) is 14.2. The van der Waals surface area contributed by atoms with Crippen molar-refractivity contribution in [3.05, 3.63) is 22.9 Å². The Morgan fingerprint density at radius 2 is 2.21 bits per heavy atom. The molecule has 0 aromatic rings. The average molecular weight is 336 g/mol. The van der Waals surface area contributed by atoms with E-state index in [0.29, 0.717) is 12.0 Å². The quantitative estimate of drug-likeness (QED) is 0.623. The zero-order chi connectivity index (χ0) is 17.6. The first-order valence-electron chi connectivity index (χ1n) is 8.27. The number of ether oxygens (including phenoxy) is 1. The fourth-order valence-electron chi connectivity index (χ4n) is 4.06. The number of fused-ring (bicyclic) bond motifs is 1. The number of aliphatic hydroxyl groups excluding tert-OH is 1. The molecule has 5 atom stereocenters. The third-order valence-electron chi connectivity index (χ3n) is 5.32. The molecule has 0 saturated carbocycles. The molecule has 3 heterocycles. The Labute approximate surface area is 141 Å². The van der Waals surface area contributed by atoms with E-state index in [9.17, 15) is 19.8 Å². The summed E-state index contributed by atoms with van der Waals surface area (Å²) in [6.45, 7) is 4.23. The summed E-state index contributed by atoms with van der Waals surface area (Å²) < 4.78 is 5.33. The van der Waals surface area contributed by atoms with Gasteiger partial charge in [0.1, 0.15) is 5.70 Å². The van der Waals surface area contributed by atoms with Crippen LogP contribution >= 0.6 is 0 Å². The molecule has 0 bridgehead atoms. The van der Waals surface area contributed by atoms with Crippen LogP contribution in [0.3, 0.4) is 0 Å². The fraction of sp³-hybridized carbons (Fsp3) is 0.647. The number of aliphatic carboxylic acids is 1. The van der Waals surface area contributed by atoms with Crippen molar-refractivity contribution in [2.45, 2.75) is 51.0 Å². The van der Waals surface area contributed by atoms with Crippen LogP contribution in [-0.4, -0.2) is 64.9 Å². The highest BCUT2D eigenvalue weighted by atomic mass is 16.5. The number of rotatable bonds is 5. The van der Waals surface area contributed by atoms with Crippen molar-refractivity contribution in [2.24, 2.45) is 5.92 Å². The van der Waals surface area contributed by atoms with Gasteiger partial charge in [-0.1, -0.05) is 6.08 Å². The molecule has 0 aliphatic carbocycles. The normalized spacial score (nSPS) is 34.4. The van der Waals surface area contributed by atoms with E-state index in [-0.39, 0.29) is 29.8 Å². The fourth-order valence-corrected chi connectivity index (χ4v) is 4.06. The number of nitrogens with zero attached hydrogens (tertiary/aromatic N) is 1. The lowest BCUT2D eigenvalue weighted by Crippen LogP contribution is -2.61. The topological polar surface area (TPSA) is 99.1 Å². The van der Waals surface area contributed by atoms with E-state index in [1.807, 2.05) is 13.0 Å². The van der Waals surface area contributed by atoms with Gasteiger partial charge in [0.05, 0.1) is 24.2 Å². The SMILES string of the molecule is CO[C@H]1CN[C@H](C=C(C)C2=C(C(=O)O)N3C(=O)[C@H]([C@@H](C)O)[C@H]3C2)C1. The maximum absolute atomic E-state index is 12.2. The number of nitrogens with one attached hydrogen (secondary N) is 1. The highest BCUT2D eigenvalue weighted by Crippen LogP contribution is 2.45. The monoisotopic (exact) mass is 336 g/mol. The van der Waals surface area contributed by atoms with E-state index < -0.39 is 18.0 Å². The second-order valence-electron chi connectivity index (χ2n) is 6.84. The van der Waals surface area contributed by atoms with Gasteiger partial charge in [-0.15, -0.1) is 0 Å². The number of aliphatic hydroxyl groups is 1. The van der Waals surface area contributed by atoms with Crippen LogP contribution in [0.1, 0.15) is 26.7 Å². The molecule has 3 aliphatic heterocycles. The number of hydrogen-bond acceptors (Lipinski definition) is 5. The summed E-state index contributed by atoms with van der Waals surface area (Å²) in [5.74, 6) is -1.90. The van der Waals surface area contributed by atoms with Crippen molar-refractivity contribution in [1.82, 2.24) is 10.2 Å². The minimum atomic E-state index is -1.09. The predicted octanol–water partition coefficient (Wildman–Crippen LogP) is 0.260. The molecule has 7 nitrogen and oxygen atoms in total. The highest BCUT2D eigenvalue weighted by molar-refractivity contribution is 6.00. The summed E-state index contributed by atoms with van der Waals surface area (Å²) in [5.41, 5.74) is 1.62. The number of carboxylic acid groups (broad SMARTS) is 1. The van der Waals surface area contributed by atoms with Crippen molar-refractivity contribution >= 4 is 11.9 Å². The molecule has 2 fully saturated rings. The van der Waals surface area contributed by atoms with Crippen LogP contribution in [-0.2, 0) is 14.3 Å². The van der Waals surface area contributed by atoms with Gasteiger partial charge in [-0.2, -0.15) is 0 Å². The summed E-state index contributed by atoms with van der Waals surface area (Å²) in [4.78, 5) is 25.2. The third-order valence-corrected chi connectivity index (χ3v) is 5.32. The molecular weight excluding hydrogens is 312 g/mol. The van der Waals surface area contributed by atoms with Gasteiger partial charge in [-0.25, -0.2) is 4.79 Å². The van der Waals surface area contributed by atoms with Crippen LogP contribution in [0.15, 0.2) is 22.9 Å². The lowest BCUT2D eigenvalue weighted by molar-refractivity contribution is -0.161. The van der Waals surface area contributed by atoms with Crippen LogP contribution in [0.5, 0.6) is 0 Å². The number of β-lactam (4-membered cyclic amide) rings is 1. The maximum Gasteiger partial charge on any atom is 0.352 e. The summed E-state index contributed by atoms with van der Waals surface area (Å²) in [6, 6.07) is -0.112. The molecule has 0 aromatic carbocycles. The lowest BCUT2D eigenvalue weighted by Gasteiger charge is -2.44. The van der Waals surface area contributed by atoms with Crippen LogP contribution in [0.4, 0.5) is 0 Å². The zero-order valence-corrected chi connectivity index (χ0v) is 14.2. The van der Waals surface area contributed by atoms with Gasteiger partial charge >= 0.3 is 5.97 Å². The number of allylic oxidation sites excluding steroid dienone is 1. The Balaban J connectivity index is 1.84. The van der Waals surface area contributed by atoms with Gasteiger partial charge in [-0.05, 0) is 37.8 Å². The molecule has 0 spiro atoms. The van der Waals surface area contributed by atoms with Crippen LogP contribution in [0.25, 0.3) is 0 Å². The molecule has 3 aliphatic rings. The maximum atomic E-state index is 12.2. The van der Waals surface area contributed by atoms with Crippen molar-refractivity contribution in [3.8, 4) is 0 Å². The van der Waals surface area contributed by atoms with E-state index in [2.05, 4.69) is 5.32 Å². The predicted molar refractivity (Wildman–Crippen MR) is 86.0 cm³/mol. The van der Waals surface area contributed by atoms with Gasteiger partial charge in [0.2, 0.25) is 5.91 Å². The standard InChI is InChI=1S/C17H24N2O5/c1-8(4-10-5-11(24-3)7-18-10)12-6-13-14(9(2)20)16(21)19(13)15(12)17(22)23/h4,9-11,13-14,18,20H,5-7H2,1-3H3,(H,22,23)/t9-,10-,11-,13-,14-/m1/s1. The van der Waals surface area contributed by atoms with E-state index in [1.165, 1.54) is 4.90 Å². The first-order chi connectivity index (χ1) is 11.3. The number of hydrogen-bond donors (Lipinski definition) is 3. The molecule has 3 N–H and O–H groups in total. The van der Waals surface area contributed by atoms with Gasteiger partial charge in [0.15, 0.2) is 0 Å².